The van der Waals surface area contributed by atoms with Crippen LogP contribution in [0.5, 0.6) is 5.75 Å². The molecule has 0 saturated carbocycles. The fourth-order valence-corrected chi connectivity index (χ4v) is 3.44. The molecule has 0 aliphatic carbocycles. The number of benzene rings is 2. The zero-order valence-electron chi connectivity index (χ0n) is 14.4. The van der Waals surface area contributed by atoms with E-state index >= 15 is 0 Å². The Kier molecular flexibility index (Phi) is 3.54. The van der Waals surface area contributed by atoms with Crippen molar-refractivity contribution < 1.29 is 5.11 Å². The van der Waals surface area contributed by atoms with Gasteiger partial charge in [0.25, 0.3) is 0 Å². The summed E-state index contributed by atoms with van der Waals surface area (Å²) in [6, 6.07) is 21.4. The number of phenolic OH excluding ortho intramolecular Hbond substituents is 1. The monoisotopic (exact) mass is 349 g/mol. The van der Waals surface area contributed by atoms with Gasteiger partial charge in [0.05, 0.1) is 16.7 Å². The lowest BCUT2D eigenvalue weighted by atomic mass is 9.97. The Morgan fingerprint density at radius 3 is 2.41 bits per heavy atom. The Hall–Kier alpha value is -3.79. The van der Waals surface area contributed by atoms with Gasteiger partial charge >= 0.3 is 0 Å². The highest BCUT2D eigenvalue weighted by molar-refractivity contribution is 6.08. The summed E-state index contributed by atoms with van der Waals surface area (Å²) in [4.78, 5) is 13.4. The van der Waals surface area contributed by atoms with Gasteiger partial charge in [0.1, 0.15) is 5.75 Å². The first-order valence-corrected chi connectivity index (χ1v) is 8.68. The van der Waals surface area contributed by atoms with Crippen LogP contribution in [0.4, 0.5) is 0 Å². The molecule has 2 aromatic carbocycles. The standard InChI is InChI=1S/C23H15N3O/c27-21-9-7-16(14-19(21)20-5-1-2-11-24-20)17-10-13-26-23-18(17)8-6-15-4-3-12-25-22(15)23/h1-14,27H. The van der Waals surface area contributed by atoms with Crippen molar-refractivity contribution in [3.63, 3.8) is 0 Å². The summed E-state index contributed by atoms with van der Waals surface area (Å²) in [6.07, 6.45) is 5.32. The number of fused-ring (bicyclic) bond motifs is 3. The summed E-state index contributed by atoms with van der Waals surface area (Å²) < 4.78 is 0. The second-order valence-corrected chi connectivity index (χ2v) is 6.34. The third-order valence-electron chi connectivity index (χ3n) is 4.73. The molecule has 5 rings (SSSR count). The Bertz CT molecular complexity index is 1280. The van der Waals surface area contributed by atoms with E-state index in [9.17, 15) is 5.11 Å². The summed E-state index contributed by atoms with van der Waals surface area (Å²) in [5.41, 5.74) is 5.25. The summed E-state index contributed by atoms with van der Waals surface area (Å²) in [5, 5.41) is 12.4. The summed E-state index contributed by atoms with van der Waals surface area (Å²) >= 11 is 0. The van der Waals surface area contributed by atoms with Crippen LogP contribution in [0.25, 0.3) is 44.2 Å². The van der Waals surface area contributed by atoms with E-state index < -0.39 is 0 Å². The fourth-order valence-electron chi connectivity index (χ4n) is 3.44. The summed E-state index contributed by atoms with van der Waals surface area (Å²) in [6.45, 7) is 0. The molecule has 4 heteroatoms. The number of hydrogen-bond donors (Lipinski definition) is 1. The molecular weight excluding hydrogens is 334 g/mol. The quantitative estimate of drug-likeness (QED) is 0.444. The lowest BCUT2D eigenvalue weighted by molar-refractivity contribution is 0.477. The second-order valence-electron chi connectivity index (χ2n) is 6.34. The first-order valence-electron chi connectivity index (χ1n) is 8.68. The predicted octanol–water partition coefficient (Wildman–Crippen LogP) is 5.22. The highest BCUT2D eigenvalue weighted by Gasteiger charge is 2.12. The van der Waals surface area contributed by atoms with Gasteiger partial charge in [0.2, 0.25) is 0 Å². The van der Waals surface area contributed by atoms with Crippen LogP contribution in [0.3, 0.4) is 0 Å². The van der Waals surface area contributed by atoms with Gasteiger partial charge in [-0.15, -0.1) is 0 Å². The lowest BCUT2D eigenvalue weighted by Crippen LogP contribution is -1.89. The fraction of sp³-hybridized carbons (Fsp3) is 0. The van der Waals surface area contributed by atoms with Gasteiger partial charge < -0.3 is 5.11 Å². The molecule has 0 aliphatic rings. The van der Waals surface area contributed by atoms with Crippen molar-refractivity contribution in [1.82, 2.24) is 15.0 Å². The number of rotatable bonds is 2. The van der Waals surface area contributed by atoms with E-state index in [1.165, 1.54) is 0 Å². The molecule has 4 nitrogen and oxygen atoms in total. The van der Waals surface area contributed by atoms with Gasteiger partial charge in [-0.25, -0.2) is 0 Å². The molecule has 0 spiro atoms. The van der Waals surface area contributed by atoms with Crippen LogP contribution in [0.1, 0.15) is 0 Å². The molecule has 0 amide bonds. The summed E-state index contributed by atoms with van der Waals surface area (Å²) in [7, 11) is 0. The Labute approximate surface area is 155 Å². The van der Waals surface area contributed by atoms with E-state index in [0.29, 0.717) is 5.56 Å². The van der Waals surface area contributed by atoms with Crippen molar-refractivity contribution in [2.75, 3.05) is 0 Å². The topological polar surface area (TPSA) is 58.9 Å². The Morgan fingerprint density at radius 1 is 0.630 bits per heavy atom. The van der Waals surface area contributed by atoms with Gasteiger partial charge in [-0.3, -0.25) is 15.0 Å². The van der Waals surface area contributed by atoms with Crippen molar-refractivity contribution in [1.29, 1.82) is 0 Å². The molecule has 0 fully saturated rings. The van der Waals surface area contributed by atoms with Crippen LogP contribution < -0.4 is 0 Å². The van der Waals surface area contributed by atoms with E-state index in [2.05, 4.69) is 27.1 Å². The Morgan fingerprint density at radius 2 is 1.52 bits per heavy atom. The Balaban J connectivity index is 1.76. The number of aromatic hydroxyl groups is 1. The molecule has 5 aromatic rings. The van der Waals surface area contributed by atoms with Crippen LogP contribution >= 0.6 is 0 Å². The minimum atomic E-state index is 0.211. The van der Waals surface area contributed by atoms with Gasteiger partial charge in [-0.1, -0.05) is 30.3 Å². The van der Waals surface area contributed by atoms with Crippen molar-refractivity contribution in [3.05, 3.63) is 85.3 Å². The van der Waals surface area contributed by atoms with Crippen molar-refractivity contribution in [2.24, 2.45) is 0 Å². The van der Waals surface area contributed by atoms with E-state index in [-0.39, 0.29) is 5.75 Å². The van der Waals surface area contributed by atoms with Gasteiger partial charge in [-0.05, 0) is 47.5 Å². The van der Waals surface area contributed by atoms with Crippen molar-refractivity contribution in [3.8, 4) is 28.1 Å². The van der Waals surface area contributed by atoms with E-state index in [0.717, 1.165) is 38.6 Å². The maximum Gasteiger partial charge on any atom is 0.125 e. The van der Waals surface area contributed by atoms with Crippen LogP contribution in [-0.2, 0) is 0 Å². The average molecular weight is 349 g/mol. The third kappa shape index (κ3) is 2.59. The third-order valence-corrected chi connectivity index (χ3v) is 4.73. The molecule has 0 radical (unpaired) electrons. The molecule has 3 aromatic heterocycles. The maximum absolute atomic E-state index is 10.3. The van der Waals surface area contributed by atoms with Crippen LogP contribution in [-0.4, -0.2) is 20.1 Å². The maximum atomic E-state index is 10.3. The highest BCUT2D eigenvalue weighted by atomic mass is 16.3. The highest BCUT2D eigenvalue weighted by Crippen LogP contribution is 2.36. The zero-order valence-corrected chi connectivity index (χ0v) is 14.4. The zero-order chi connectivity index (χ0) is 18.2. The van der Waals surface area contributed by atoms with Gasteiger partial charge in [-0.2, -0.15) is 0 Å². The molecule has 0 bridgehead atoms. The summed E-state index contributed by atoms with van der Waals surface area (Å²) in [5.74, 6) is 0.211. The first kappa shape index (κ1) is 15.5. The van der Waals surface area contributed by atoms with Crippen LogP contribution in [0, 0.1) is 0 Å². The van der Waals surface area contributed by atoms with E-state index in [1.54, 1.807) is 24.7 Å². The second kappa shape index (κ2) is 6.18. The molecule has 27 heavy (non-hydrogen) atoms. The van der Waals surface area contributed by atoms with Gasteiger partial charge in [0, 0.05) is 34.9 Å². The van der Waals surface area contributed by atoms with Gasteiger partial charge in [0.15, 0.2) is 0 Å². The van der Waals surface area contributed by atoms with Crippen LogP contribution in [0.15, 0.2) is 85.3 Å². The smallest absolute Gasteiger partial charge is 0.125 e. The van der Waals surface area contributed by atoms with Crippen molar-refractivity contribution in [2.45, 2.75) is 0 Å². The number of phenols is 1. The largest absolute Gasteiger partial charge is 0.507 e. The van der Waals surface area contributed by atoms with E-state index in [4.69, 9.17) is 0 Å². The van der Waals surface area contributed by atoms with Crippen molar-refractivity contribution >= 4 is 21.8 Å². The number of pyridine rings is 3. The molecular formula is C23H15N3O. The minimum Gasteiger partial charge on any atom is -0.507 e. The van der Waals surface area contributed by atoms with Crippen LogP contribution in [0.2, 0.25) is 0 Å². The molecule has 1 N–H and O–H groups in total. The first-order chi connectivity index (χ1) is 13.3. The molecule has 0 aliphatic heterocycles. The predicted molar refractivity (Wildman–Crippen MR) is 107 cm³/mol. The molecule has 3 heterocycles. The SMILES string of the molecule is Oc1ccc(-c2ccnc3c2ccc2cccnc23)cc1-c1ccccn1. The number of aromatic nitrogens is 3. The number of nitrogens with zero attached hydrogens (tertiary/aromatic N) is 3. The average Bonchev–Trinajstić information content (AvgIpc) is 2.74. The molecule has 0 saturated heterocycles. The normalized spacial score (nSPS) is 11.1. The number of hydrogen-bond acceptors (Lipinski definition) is 4. The molecule has 0 atom stereocenters. The molecule has 0 unspecified atom stereocenters. The minimum absolute atomic E-state index is 0.211. The molecule has 128 valence electrons. The lowest BCUT2D eigenvalue weighted by Gasteiger charge is -2.11. The van der Waals surface area contributed by atoms with E-state index in [1.807, 2.05) is 48.5 Å².